The molecule has 0 saturated heterocycles. The molecule has 0 aliphatic heterocycles. The number of carbonyl (C=O) groups is 1. The highest BCUT2D eigenvalue weighted by molar-refractivity contribution is 7.99. The Kier molecular flexibility index (Phi) is 5.14. The topological polar surface area (TPSA) is 37.3 Å². The molecule has 0 amide bonds. The van der Waals surface area contributed by atoms with Crippen LogP contribution in [0.3, 0.4) is 0 Å². The third-order valence-electron chi connectivity index (χ3n) is 3.47. The molecular formula is C21H16O2S. The third kappa shape index (κ3) is 4.15. The Morgan fingerprint density at radius 2 is 1.42 bits per heavy atom. The Morgan fingerprint density at radius 1 is 0.792 bits per heavy atom. The number of aromatic hydroxyl groups is 1. The van der Waals surface area contributed by atoms with Crippen LogP contribution in [0.2, 0.25) is 0 Å². The zero-order valence-electron chi connectivity index (χ0n) is 12.9. The summed E-state index contributed by atoms with van der Waals surface area (Å²) >= 11 is 1.66. The van der Waals surface area contributed by atoms with E-state index in [2.05, 4.69) is 12.1 Å². The van der Waals surface area contributed by atoms with E-state index < -0.39 is 0 Å². The van der Waals surface area contributed by atoms with Crippen LogP contribution >= 0.6 is 11.8 Å². The van der Waals surface area contributed by atoms with Crippen molar-refractivity contribution >= 4 is 23.6 Å². The van der Waals surface area contributed by atoms with Crippen LogP contribution in [0, 0.1) is 0 Å². The smallest absolute Gasteiger partial charge is 0.185 e. The lowest BCUT2D eigenvalue weighted by atomic mass is 10.1. The summed E-state index contributed by atoms with van der Waals surface area (Å²) in [5, 5.41) is 9.71. The number of allylic oxidation sites excluding steroid dienone is 1. The number of phenolic OH excluding ortho intramolecular Hbond substituents is 1. The van der Waals surface area contributed by atoms with Crippen molar-refractivity contribution < 1.29 is 9.90 Å². The van der Waals surface area contributed by atoms with Gasteiger partial charge in [0.05, 0.1) is 0 Å². The first-order valence-corrected chi connectivity index (χ1v) is 8.37. The second kappa shape index (κ2) is 7.66. The van der Waals surface area contributed by atoms with E-state index in [0.29, 0.717) is 11.1 Å². The number of phenols is 1. The van der Waals surface area contributed by atoms with Gasteiger partial charge in [-0.15, -0.1) is 0 Å². The van der Waals surface area contributed by atoms with Crippen LogP contribution in [0.4, 0.5) is 0 Å². The van der Waals surface area contributed by atoms with E-state index in [-0.39, 0.29) is 11.5 Å². The minimum Gasteiger partial charge on any atom is -0.507 e. The Balaban J connectivity index is 1.69. The molecule has 3 aromatic carbocycles. The van der Waals surface area contributed by atoms with Crippen LogP contribution in [-0.2, 0) is 0 Å². The van der Waals surface area contributed by atoms with Gasteiger partial charge in [-0.1, -0.05) is 48.2 Å². The van der Waals surface area contributed by atoms with Gasteiger partial charge in [0, 0.05) is 20.9 Å². The number of carbonyl (C=O) groups excluding carboxylic acids is 1. The third-order valence-corrected chi connectivity index (χ3v) is 4.48. The molecule has 118 valence electrons. The van der Waals surface area contributed by atoms with Crippen LogP contribution in [0.15, 0.2) is 94.7 Å². The van der Waals surface area contributed by atoms with Crippen molar-refractivity contribution in [2.45, 2.75) is 9.79 Å². The van der Waals surface area contributed by atoms with Gasteiger partial charge in [-0.05, 0) is 54.6 Å². The van der Waals surface area contributed by atoms with Crippen molar-refractivity contribution in [2.75, 3.05) is 0 Å². The van der Waals surface area contributed by atoms with E-state index in [1.807, 2.05) is 48.5 Å². The number of hydrogen-bond acceptors (Lipinski definition) is 3. The van der Waals surface area contributed by atoms with Crippen LogP contribution < -0.4 is 0 Å². The van der Waals surface area contributed by atoms with Crippen LogP contribution in [0.25, 0.3) is 6.08 Å². The van der Waals surface area contributed by atoms with Gasteiger partial charge in [0.25, 0.3) is 0 Å². The van der Waals surface area contributed by atoms with Crippen molar-refractivity contribution in [3.63, 3.8) is 0 Å². The zero-order valence-corrected chi connectivity index (χ0v) is 13.7. The van der Waals surface area contributed by atoms with Gasteiger partial charge >= 0.3 is 0 Å². The fourth-order valence-corrected chi connectivity index (χ4v) is 3.04. The summed E-state index contributed by atoms with van der Waals surface area (Å²) in [6, 6.07) is 24.6. The molecule has 0 bridgehead atoms. The molecule has 3 aromatic rings. The summed E-state index contributed by atoms with van der Waals surface area (Å²) in [6.45, 7) is 0. The zero-order chi connectivity index (χ0) is 16.8. The summed E-state index contributed by atoms with van der Waals surface area (Å²) in [6.07, 6.45) is 3.11. The molecule has 0 heterocycles. The summed E-state index contributed by atoms with van der Waals surface area (Å²) in [5.41, 5.74) is 1.25. The average molecular weight is 332 g/mol. The first kappa shape index (κ1) is 16.1. The minimum absolute atomic E-state index is 0.0884. The number of hydrogen-bond donors (Lipinski definition) is 1. The van der Waals surface area contributed by atoms with Crippen LogP contribution in [-0.4, -0.2) is 10.9 Å². The maximum atomic E-state index is 12.2. The monoisotopic (exact) mass is 332 g/mol. The van der Waals surface area contributed by atoms with Crippen LogP contribution in [0.5, 0.6) is 5.75 Å². The molecule has 0 atom stereocenters. The molecule has 0 aromatic heterocycles. The van der Waals surface area contributed by atoms with Crippen molar-refractivity contribution in [3.8, 4) is 5.75 Å². The molecular weight excluding hydrogens is 316 g/mol. The molecule has 1 N–H and O–H groups in total. The molecule has 0 spiro atoms. The van der Waals surface area contributed by atoms with Gasteiger partial charge in [-0.2, -0.15) is 0 Å². The van der Waals surface area contributed by atoms with E-state index >= 15 is 0 Å². The fraction of sp³-hybridized carbons (Fsp3) is 0. The highest BCUT2D eigenvalue weighted by Gasteiger charge is 2.03. The highest BCUT2D eigenvalue weighted by Crippen LogP contribution is 2.27. The number of para-hydroxylation sites is 1. The second-order valence-corrected chi connectivity index (χ2v) is 6.34. The van der Waals surface area contributed by atoms with Gasteiger partial charge in [0.15, 0.2) is 5.78 Å². The molecule has 0 unspecified atom stereocenters. The van der Waals surface area contributed by atoms with E-state index in [4.69, 9.17) is 0 Å². The summed E-state index contributed by atoms with van der Waals surface area (Å²) in [4.78, 5) is 14.5. The molecule has 3 heteroatoms. The van der Waals surface area contributed by atoms with E-state index in [1.54, 1.807) is 36.0 Å². The van der Waals surface area contributed by atoms with Gasteiger partial charge in [0.2, 0.25) is 0 Å². The Labute approximate surface area is 145 Å². The summed E-state index contributed by atoms with van der Waals surface area (Å²) < 4.78 is 0. The van der Waals surface area contributed by atoms with Crippen molar-refractivity contribution in [2.24, 2.45) is 0 Å². The number of rotatable bonds is 5. The SMILES string of the molecule is O=C(/C=C/c1ccccc1O)c1ccc(Sc2ccccc2)cc1. The summed E-state index contributed by atoms with van der Waals surface area (Å²) in [5.74, 6) is 0.0747. The molecule has 2 nitrogen and oxygen atoms in total. The first-order valence-electron chi connectivity index (χ1n) is 7.56. The van der Waals surface area contributed by atoms with Gasteiger partial charge < -0.3 is 5.11 Å². The molecule has 0 fully saturated rings. The quantitative estimate of drug-likeness (QED) is 0.499. The summed E-state index contributed by atoms with van der Waals surface area (Å²) in [7, 11) is 0. The van der Waals surface area contributed by atoms with E-state index in [1.165, 1.54) is 6.08 Å². The van der Waals surface area contributed by atoms with Crippen molar-refractivity contribution in [1.29, 1.82) is 0 Å². The van der Waals surface area contributed by atoms with Gasteiger partial charge in [-0.25, -0.2) is 0 Å². The first-order chi connectivity index (χ1) is 11.7. The largest absolute Gasteiger partial charge is 0.507 e. The standard InChI is InChI=1S/C21H16O2S/c22-20-9-5-4-6-16(20)12-15-21(23)17-10-13-19(14-11-17)24-18-7-2-1-3-8-18/h1-15,22H/b15-12+. The minimum atomic E-state index is -0.0884. The van der Waals surface area contributed by atoms with Crippen molar-refractivity contribution in [1.82, 2.24) is 0 Å². The number of benzene rings is 3. The molecule has 0 aliphatic carbocycles. The fourth-order valence-electron chi connectivity index (χ4n) is 2.20. The average Bonchev–Trinajstić information content (AvgIpc) is 2.62. The van der Waals surface area contributed by atoms with Crippen molar-refractivity contribution in [3.05, 3.63) is 96.1 Å². The van der Waals surface area contributed by atoms with Gasteiger partial charge in [0.1, 0.15) is 5.75 Å². The molecule has 0 radical (unpaired) electrons. The Bertz CT molecular complexity index is 853. The Morgan fingerprint density at radius 3 is 2.12 bits per heavy atom. The van der Waals surface area contributed by atoms with E-state index in [9.17, 15) is 9.90 Å². The predicted molar refractivity (Wildman–Crippen MR) is 98.5 cm³/mol. The number of ketones is 1. The maximum Gasteiger partial charge on any atom is 0.185 e. The lowest BCUT2D eigenvalue weighted by Crippen LogP contribution is -1.93. The molecule has 0 aliphatic rings. The molecule has 0 saturated carbocycles. The molecule has 24 heavy (non-hydrogen) atoms. The predicted octanol–water partition coefficient (Wildman–Crippen LogP) is 5.44. The Hall–Kier alpha value is -2.78. The molecule has 3 rings (SSSR count). The normalized spacial score (nSPS) is 10.8. The van der Waals surface area contributed by atoms with Gasteiger partial charge in [-0.3, -0.25) is 4.79 Å². The van der Waals surface area contributed by atoms with E-state index in [0.717, 1.165) is 9.79 Å². The maximum absolute atomic E-state index is 12.2. The second-order valence-electron chi connectivity index (χ2n) is 5.20. The lowest BCUT2D eigenvalue weighted by Gasteiger charge is -2.02. The van der Waals surface area contributed by atoms with Crippen LogP contribution in [0.1, 0.15) is 15.9 Å². The highest BCUT2D eigenvalue weighted by atomic mass is 32.2. The lowest BCUT2D eigenvalue weighted by molar-refractivity contribution is 0.104.